The van der Waals surface area contributed by atoms with E-state index >= 15 is 0 Å². The molecule has 0 amide bonds. The number of aliphatic imine (C=N–C) groups is 1. The third-order valence-corrected chi connectivity index (χ3v) is 4.84. The molecule has 0 saturated carbocycles. The van der Waals surface area contributed by atoms with Crippen LogP contribution in [0.2, 0.25) is 0 Å². The first-order valence-corrected chi connectivity index (χ1v) is 9.29. The number of guanidine groups is 1. The topological polar surface area (TPSA) is 54.7 Å². The Labute approximate surface area is 155 Å². The normalized spacial score (nSPS) is 17.7. The van der Waals surface area contributed by atoms with Gasteiger partial charge in [-0.05, 0) is 30.0 Å². The predicted octanol–water partition coefficient (Wildman–Crippen LogP) is 2.52. The summed E-state index contributed by atoms with van der Waals surface area (Å²) in [5, 5.41) is 7.79. The number of hydrogen-bond acceptors (Lipinski definition) is 3. The maximum atomic E-state index is 5.44. The van der Waals surface area contributed by atoms with Crippen molar-refractivity contribution in [1.82, 2.24) is 20.0 Å². The van der Waals surface area contributed by atoms with E-state index in [1.165, 1.54) is 16.7 Å². The van der Waals surface area contributed by atoms with E-state index in [1.807, 2.05) is 31.9 Å². The lowest BCUT2D eigenvalue weighted by molar-refractivity contribution is 0.134. The number of ether oxygens (including phenoxy) is 1. The van der Waals surface area contributed by atoms with E-state index in [1.54, 1.807) is 0 Å². The van der Waals surface area contributed by atoms with Gasteiger partial charge in [0.1, 0.15) is 0 Å². The quantitative estimate of drug-likeness (QED) is 0.639. The van der Waals surface area contributed by atoms with Gasteiger partial charge in [-0.1, -0.05) is 24.3 Å². The van der Waals surface area contributed by atoms with Crippen molar-refractivity contribution < 1.29 is 4.74 Å². The maximum Gasteiger partial charge on any atom is 0.193 e. The van der Waals surface area contributed by atoms with E-state index in [0.717, 1.165) is 38.6 Å². The van der Waals surface area contributed by atoms with Crippen LogP contribution in [0.25, 0.3) is 0 Å². The lowest BCUT2D eigenvalue weighted by Gasteiger charge is -2.21. The highest BCUT2D eigenvalue weighted by Crippen LogP contribution is 2.26. The molecule has 0 spiro atoms. The lowest BCUT2D eigenvalue weighted by atomic mass is 10.0. The van der Waals surface area contributed by atoms with Gasteiger partial charge in [0.25, 0.3) is 0 Å². The predicted molar refractivity (Wildman–Crippen MR) is 104 cm³/mol. The Hall–Kier alpha value is -2.34. The van der Waals surface area contributed by atoms with Gasteiger partial charge in [-0.15, -0.1) is 0 Å². The van der Waals surface area contributed by atoms with Crippen molar-refractivity contribution in [2.75, 3.05) is 26.7 Å². The second-order valence-corrected chi connectivity index (χ2v) is 6.73. The number of hydrogen-bond donors (Lipinski definition) is 1. The third kappa shape index (κ3) is 4.64. The number of aryl methyl sites for hydroxylation is 1. The van der Waals surface area contributed by atoms with Crippen LogP contribution in [0.5, 0.6) is 0 Å². The molecule has 0 bridgehead atoms. The fraction of sp³-hybridized carbons (Fsp3) is 0.500. The average molecular weight is 355 g/mol. The minimum Gasteiger partial charge on any atom is -0.377 e. The highest BCUT2D eigenvalue weighted by atomic mass is 16.5. The molecule has 26 heavy (non-hydrogen) atoms. The molecule has 0 radical (unpaired) electrons. The van der Waals surface area contributed by atoms with Crippen LogP contribution in [0.4, 0.5) is 0 Å². The van der Waals surface area contributed by atoms with Crippen LogP contribution in [0.1, 0.15) is 36.0 Å². The van der Waals surface area contributed by atoms with Crippen LogP contribution in [-0.4, -0.2) is 47.4 Å². The summed E-state index contributed by atoms with van der Waals surface area (Å²) in [6.45, 7) is 6.22. The molecule has 1 aliphatic heterocycles. The Morgan fingerprint density at radius 2 is 2.08 bits per heavy atom. The van der Waals surface area contributed by atoms with Crippen molar-refractivity contribution in [3.63, 3.8) is 0 Å². The number of aromatic nitrogens is 2. The average Bonchev–Trinajstić information content (AvgIpc) is 3.31. The first kappa shape index (κ1) is 18.5. The number of benzene rings is 1. The molecule has 0 aliphatic carbocycles. The van der Waals surface area contributed by atoms with Crippen molar-refractivity contribution in [3.8, 4) is 0 Å². The molecule has 1 N–H and O–H groups in total. The summed E-state index contributed by atoms with van der Waals surface area (Å²) in [4.78, 5) is 6.80. The molecule has 1 atom stereocenters. The van der Waals surface area contributed by atoms with Gasteiger partial charge in [-0.25, -0.2) is 0 Å². The minimum atomic E-state index is 0.528. The Kier molecular flexibility index (Phi) is 6.28. The Morgan fingerprint density at radius 1 is 1.31 bits per heavy atom. The molecule has 2 aromatic rings. The van der Waals surface area contributed by atoms with Crippen LogP contribution in [0.3, 0.4) is 0 Å². The van der Waals surface area contributed by atoms with E-state index in [-0.39, 0.29) is 0 Å². The van der Waals surface area contributed by atoms with E-state index in [9.17, 15) is 0 Å². The summed E-state index contributed by atoms with van der Waals surface area (Å²) in [6, 6.07) is 8.56. The van der Waals surface area contributed by atoms with Crippen molar-refractivity contribution in [1.29, 1.82) is 0 Å². The number of nitrogens with one attached hydrogen (secondary N) is 1. The molecule has 1 aliphatic rings. The number of likely N-dealkylation sites (tertiary alicyclic amines) is 1. The van der Waals surface area contributed by atoms with Gasteiger partial charge in [0.15, 0.2) is 5.96 Å². The zero-order valence-electron chi connectivity index (χ0n) is 16.0. The van der Waals surface area contributed by atoms with Crippen LogP contribution in [0, 0.1) is 0 Å². The van der Waals surface area contributed by atoms with Crippen LogP contribution in [-0.2, 0) is 24.9 Å². The van der Waals surface area contributed by atoms with Gasteiger partial charge in [-0.2, -0.15) is 5.10 Å². The largest absolute Gasteiger partial charge is 0.377 e. The highest BCUT2D eigenvalue weighted by Gasteiger charge is 2.26. The van der Waals surface area contributed by atoms with Gasteiger partial charge in [0.2, 0.25) is 0 Å². The maximum absolute atomic E-state index is 5.44. The Balaban J connectivity index is 1.52. The van der Waals surface area contributed by atoms with E-state index < -0.39 is 0 Å². The smallest absolute Gasteiger partial charge is 0.193 e. The summed E-state index contributed by atoms with van der Waals surface area (Å²) in [5.41, 5.74) is 3.77. The second kappa shape index (κ2) is 8.85. The van der Waals surface area contributed by atoms with Crippen molar-refractivity contribution in [3.05, 3.63) is 53.3 Å². The molecule has 6 heteroatoms. The summed E-state index contributed by atoms with van der Waals surface area (Å²) in [6.07, 6.45) is 5.24. The zero-order chi connectivity index (χ0) is 18.4. The van der Waals surface area contributed by atoms with Crippen molar-refractivity contribution in [2.45, 2.75) is 32.4 Å². The second-order valence-electron chi connectivity index (χ2n) is 6.73. The first-order chi connectivity index (χ1) is 12.7. The summed E-state index contributed by atoms with van der Waals surface area (Å²) in [7, 11) is 3.82. The van der Waals surface area contributed by atoms with Crippen LogP contribution < -0.4 is 5.32 Å². The van der Waals surface area contributed by atoms with Gasteiger partial charge in [0.05, 0.1) is 12.8 Å². The molecule has 1 saturated heterocycles. The van der Waals surface area contributed by atoms with Crippen molar-refractivity contribution >= 4 is 5.96 Å². The molecule has 1 aromatic heterocycles. The number of nitrogens with zero attached hydrogens (tertiary/aromatic N) is 4. The lowest BCUT2D eigenvalue weighted by Crippen LogP contribution is -2.39. The molecule has 1 aromatic carbocycles. The summed E-state index contributed by atoms with van der Waals surface area (Å²) in [5.74, 6) is 1.50. The summed E-state index contributed by atoms with van der Waals surface area (Å²) < 4.78 is 7.32. The molecule has 1 fully saturated rings. The van der Waals surface area contributed by atoms with Gasteiger partial charge < -0.3 is 15.0 Å². The zero-order valence-corrected chi connectivity index (χ0v) is 16.0. The molecule has 6 nitrogen and oxygen atoms in total. The number of rotatable bonds is 6. The molecule has 1 unspecified atom stereocenters. The minimum absolute atomic E-state index is 0.528. The van der Waals surface area contributed by atoms with E-state index in [0.29, 0.717) is 12.5 Å². The molecule has 3 rings (SSSR count). The third-order valence-electron chi connectivity index (χ3n) is 4.84. The molecule has 2 heterocycles. The van der Waals surface area contributed by atoms with Gasteiger partial charge >= 0.3 is 0 Å². The molecular weight excluding hydrogens is 326 g/mol. The highest BCUT2D eigenvalue weighted by molar-refractivity contribution is 5.80. The fourth-order valence-electron chi connectivity index (χ4n) is 3.36. The van der Waals surface area contributed by atoms with Crippen molar-refractivity contribution in [2.24, 2.45) is 12.0 Å². The van der Waals surface area contributed by atoms with Gasteiger partial charge in [-0.3, -0.25) is 9.67 Å². The Bertz CT molecular complexity index is 722. The monoisotopic (exact) mass is 355 g/mol. The Morgan fingerprint density at radius 3 is 2.73 bits per heavy atom. The molecular formula is C20H29N5O. The van der Waals surface area contributed by atoms with Crippen LogP contribution >= 0.6 is 0 Å². The van der Waals surface area contributed by atoms with E-state index in [2.05, 4.69) is 50.8 Å². The van der Waals surface area contributed by atoms with Gasteiger partial charge in [0, 0.05) is 52.5 Å². The molecule has 140 valence electrons. The van der Waals surface area contributed by atoms with E-state index in [4.69, 9.17) is 4.74 Å². The SMILES string of the molecule is CCOCc1ccc(CNC(=NC)N2CCC(c3cnn(C)c3)C2)cc1. The fourth-order valence-corrected chi connectivity index (χ4v) is 3.36. The van der Waals surface area contributed by atoms with Crippen LogP contribution in [0.15, 0.2) is 41.7 Å². The first-order valence-electron chi connectivity index (χ1n) is 9.29. The summed E-state index contributed by atoms with van der Waals surface area (Å²) >= 11 is 0. The standard InChI is InChI=1S/C20H29N5O/c1-4-26-15-17-7-5-16(6-8-17)11-22-20(21-2)25-10-9-18(14-25)19-12-23-24(3)13-19/h5-8,12-13,18H,4,9-11,14-15H2,1-3H3,(H,21,22).